The molecule has 162 valence electrons. The number of hydrogen-bond donors (Lipinski definition) is 0. The first-order chi connectivity index (χ1) is 14.1. The predicted octanol–water partition coefficient (Wildman–Crippen LogP) is 7.88. The molecule has 1 aromatic carbocycles. The lowest BCUT2D eigenvalue weighted by Crippen LogP contribution is -2.34. The maximum absolute atomic E-state index is 14.7. The topological polar surface area (TPSA) is 9.23 Å². The van der Waals surface area contributed by atoms with Gasteiger partial charge in [-0.3, -0.25) is 0 Å². The smallest absolute Gasteiger partial charge is 0.200 e. The number of halogens is 2. The first-order valence-corrected chi connectivity index (χ1v) is 12.2. The van der Waals surface area contributed by atoms with E-state index in [0.29, 0.717) is 18.1 Å². The van der Waals surface area contributed by atoms with Crippen molar-refractivity contribution in [2.24, 2.45) is 29.6 Å². The van der Waals surface area contributed by atoms with Gasteiger partial charge in [-0.2, -0.15) is 4.39 Å². The third-order valence-electron chi connectivity index (χ3n) is 8.61. The van der Waals surface area contributed by atoms with Crippen LogP contribution < -0.4 is 4.74 Å². The molecule has 0 bridgehead atoms. The van der Waals surface area contributed by atoms with Gasteiger partial charge in [0.1, 0.15) is 0 Å². The van der Waals surface area contributed by atoms with Gasteiger partial charge in [0.25, 0.3) is 0 Å². The summed E-state index contributed by atoms with van der Waals surface area (Å²) in [5.41, 5.74) is 0.574. The van der Waals surface area contributed by atoms with Crippen LogP contribution in [-0.4, -0.2) is 6.61 Å². The molecule has 3 aliphatic carbocycles. The Labute approximate surface area is 175 Å². The van der Waals surface area contributed by atoms with E-state index in [1.165, 1.54) is 57.8 Å². The zero-order valence-corrected chi connectivity index (χ0v) is 18.3. The number of rotatable bonds is 5. The largest absolute Gasteiger partial charge is 0.491 e. The van der Waals surface area contributed by atoms with E-state index >= 15 is 0 Å². The zero-order chi connectivity index (χ0) is 20.4. The van der Waals surface area contributed by atoms with E-state index in [1.807, 2.05) is 0 Å². The van der Waals surface area contributed by atoms with Gasteiger partial charge in [-0.1, -0.05) is 32.3 Å². The molecule has 1 nitrogen and oxygen atoms in total. The number of benzene rings is 1. The minimum Gasteiger partial charge on any atom is -0.491 e. The van der Waals surface area contributed by atoms with Gasteiger partial charge in [-0.25, -0.2) is 4.39 Å². The molecule has 3 saturated carbocycles. The highest BCUT2D eigenvalue weighted by atomic mass is 19.2. The second-order valence-electron chi connectivity index (χ2n) is 10.0. The van der Waals surface area contributed by atoms with Crippen molar-refractivity contribution >= 4 is 0 Å². The Morgan fingerprint density at radius 3 is 2.07 bits per heavy atom. The van der Waals surface area contributed by atoms with Crippen molar-refractivity contribution in [1.29, 1.82) is 0 Å². The summed E-state index contributed by atoms with van der Waals surface area (Å²) in [5, 5.41) is 0. The highest BCUT2D eigenvalue weighted by molar-refractivity contribution is 5.33. The van der Waals surface area contributed by atoms with Crippen LogP contribution in [0.4, 0.5) is 8.78 Å². The molecule has 3 heteroatoms. The normalized spacial score (nSPS) is 35.2. The van der Waals surface area contributed by atoms with Crippen LogP contribution in [-0.2, 0) is 0 Å². The highest BCUT2D eigenvalue weighted by Crippen LogP contribution is 2.51. The molecule has 0 aliphatic heterocycles. The molecule has 0 saturated heterocycles. The Morgan fingerprint density at radius 1 is 0.759 bits per heavy atom. The van der Waals surface area contributed by atoms with Crippen molar-refractivity contribution < 1.29 is 13.5 Å². The van der Waals surface area contributed by atoms with E-state index < -0.39 is 11.6 Å². The van der Waals surface area contributed by atoms with Crippen LogP contribution in [0.5, 0.6) is 5.75 Å². The van der Waals surface area contributed by atoms with E-state index in [-0.39, 0.29) is 11.7 Å². The third-order valence-corrected chi connectivity index (χ3v) is 8.61. The van der Waals surface area contributed by atoms with Crippen LogP contribution in [0.15, 0.2) is 12.1 Å². The van der Waals surface area contributed by atoms with Crippen LogP contribution in [0, 0.1) is 41.2 Å². The van der Waals surface area contributed by atoms with Crippen LogP contribution >= 0.6 is 0 Å². The van der Waals surface area contributed by atoms with Crippen LogP contribution in [0.1, 0.15) is 96.0 Å². The predicted molar refractivity (Wildman–Crippen MR) is 114 cm³/mol. The fourth-order valence-electron chi connectivity index (χ4n) is 6.83. The Kier molecular flexibility index (Phi) is 6.81. The lowest BCUT2D eigenvalue weighted by molar-refractivity contribution is 0.0711. The average Bonchev–Trinajstić information content (AvgIpc) is 2.76. The summed E-state index contributed by atoms with van der Waals surface area (Å²) >= 11 is 0. The first-order valence-electron chi connectivity index (χ1n) is 12.2. The van der Waals surface area contributed by atoms with Gasteiger partial charge in [0, 0.05) is 0 Å². The summed E-state index contributed by atoms with van der Waals surface area (Å²) in [5.74, 6) is 3.08. The van der Waals surface area contributed by atoms with E-state index in [1.54, 1.807) is 19.1 Å². The van der Waals surface area contributed by atoms with E-state index in [0.717, 1.165) is 36.5 Å². The Bertz CT molecular complexity index is 680. The van der Waals surface area contributed by atoms with Crippen LogP contribution in [0.25, 0.3) is 0 Å². The van der Waals surface area contributed by atoms with Gasteiger partial charge in [-0.15, -0.1) is 0 Å². The molecule has 0 N–H and O–H groups in total. The molecule has 0 heterocycles. The van der Waals surface area contributed by atoms with Crippen molar-refractivity contribution in [2.75, 3.05) is 6.61 Å². The maximum atomic E-state index is 14.7. The van der Waals surface area contributed by atoms with E-state index in [4.69, 9.17) is 4.74 Å². The molecule has 0 aromatic heterocycles. The standard InChI is InChI=1S/C26H38F2O/c1-3-17-5-7-18(8-6-17)19-9-10-21-16-22(12-11-20(21)15-19)23-13-14-24(29-4-2)26(28)25(23)27/h13-14,17-22H,3-12,15-16H2,1-2H3. The summed E-state index contributed by atoms with van der Waals surface area (Å²) in [4.78, 5) is 0. The molecular weight excluding hydrogens is 366 g/mol. The monoisotopic (exact) mass is 404 g/mol. The molecule has 0 amide bonds. The van der Waals surface area contributed by atoms with Gasteiger partial charge >= 0.3 is 0 Å². The molecule has 29 heavy (non-hydrogen) atoms. The number of ether oxygens (including phenoxy) is 1. The second-order valence-corrected chi connectivity index (χ2v) is 10.0. The van der Waals surface area contributed by atoms with E-state index in [2.05, 4.69) is 6.92 Å². The lowest BCUT2D eigenvalue weighted by atomic mass is 9.60. The van der Waals surface area contributed by atoms with E-state index in [9.17, 15) is 8.78 Å². The molecule has 4 atom stereocenters. The van der Waals surface area contributed by atoms with Crippen molar-refractivity contribution in [3.63, 3.8) is 0 Å². The quantitative estimate of drug-likeness (QED) is 0.485. The SMILES string of the molecule is CCOc1ccc(C2CCC3CC(C4CCC(CC)CC4)CCC3C2)c(F)c1F. The van der Waals surface area contributed by atoms with Gasteiger partial charge in [0.05, 0.1) is 6.61 Å². The van der Waals surface area contributed by atoms with Gasteiger partial charge in [0.2, 0.25) is 5.82 Å². The van der Waals surface area contributed by atoms with Crippen molar-refractivity contribution in [1.82, 2.24) is 0 Å². The summed E-state index contributed by atoms with van der Waals surface area (Å²) in [6, 6.07) is 3.39. The molecule has 3 fully saturated rings. The first kappa shape index (κ1) is 21.1. The van der Waals surface area contributed by atoms with Gasteiger partial charge in [-0.05, 0) is 105 Å². The number of fused-ring (bicyclic) bond motifs is 1. The molecule has 0 spiro atoms. The van der Waals surface area contributed by atoms with Crippen LogP contribution in [0.3, 0.4) is 0 Å². The molecule has 4 rings (SSSR count). The van der Waals surface area contributed by atoms with Gasteiger partial charge in [0.15, 0.2) is 11.6 Å². The number of hydrogen-bond acceptors (Lipinski definition) is 1. The minimum atomic E-state index is -0.808. The highest BCUT2D eigenvalue weighted by Gasteiger charge is 2.39. The fraction of sp³-hybridized carbons (Fsp3) is 0.769. The maximum Gasteiger partial charge on any atom is 0.200 e. The summed E-state index contributed by atoms with van der Waals surface area (Å²) in [6.07, 6.45) is 14.4. The Balaban J connectivity index is 1.36. The molecule has 1 aromatic rings. The Hall–Kier alpha value is -1.12. The zero-order valence-electron chi connectivity index (χ0n) is 18.3. The molecule has 0 radical (unpaired) electrons. The minimum absolute atomic E-state index is 0.0424. The van der Waals surface area contributed by atoms with Gasteiger partial charge < -0.3 is 4.74 Å². The third kappa shape index (κ3) is 4.49. The van der Waals surface area contributed by atoms with Crippen molar-refractivity contribution in [3.05, 3.63) is 29.3 Å². The Morgan fingerprint density at radius 2 is 1.38 bits per heavy atom. The second kappa shape index (κ2) is 9.35. The summed E-state index contributed by atoms with van der Waals surface area (Å²) in [6.45, 7) is 4.48. The summed E-state index contributed by atoms with van der Waals surface area (Å²) < 4.78 is 34.3. The lowest BCUT2D eigenvalue weighted by Gasteiger charge is -2.45. The molecule has 4 unspecified atom stereocenters. The van der Waals surface area contributed by atoms with Crippen molar-refractivity contribution in [2.45, 2.75) is 90.4 Å². The molecule has 3 aliphatic rings. The molecular formula is C26H38F2O. The fourth-order valence-corrected chi connectivity index (χ4v) is 6.83. The average molecular weight is 405 g/mol. The summed E-state index contributed by atoms with van der Waals surface area (Å²) in [7, 11) is 0. The van der Waals surface area contributed by atoms with Crippen LogP contribution in [0.2, 0.25) is 0 Å². The van der Waals surface area contributed by atoms with Crippen molar-refractivity contribution in [3.8, 4) is 5.75 Å².